The lowest BCUT2D eigenvalue weighted by atomic mass is 9.65. The molecule has 0 aliphatic heterocycles. The summed E-state index contributed by atoms with van der Waals surface area (Å²) < 4.78 is 0. The highest BCUT2D eigenvalue weighted by Gasteiger charge is 2.47. The number of rotatable bonds is 8. The van der Waals surface area contributed by atoms with Crippen LogP contribution in [-0.4, -0.2) is 4.98 Å². The Bertz CT molecular complexity index is 2880. The van der Waals surface area contributed by atoms with Crippen LogP contribution < -0.4 is 0 Å². The molecule has 1 heteroatoms. The topological polar surface area (TPSA) is 12.9 Å². The minimum atomic E-state index is -0.517. The molecular formula is C57H43N. The zero-order valence-corrected chi connectivity index (χ0v) is 32.7. The number of hydrogen-bond acceptors (Lipinski definition) is 1. The van der Waals surface area contributed by atoms with Gasteiger partial charge in [0.25, 0.3) is 0 Å². The second-order valence-electron chi connectivity index (χ2n) is 15.5. The molecule has 0 unspecified atom stereocenters. The fourth-order valence-corrected chi connectivity index (χ4v) is 9.41. The monoisotopic (exact) mass is 741 g/mol. The molecule has 0 spiro atoms. The maximum Gasteiger partial charge on any atom is 0.0721 e. The lowest BCUT2D eigenvalue weighted by molar-refractivity contribution is 0.759. The molecule has 0 bridgehead atoms. The predicted molar refractivity (Wildman–Crippen MR) is 244 cm³/mol. The average molecular weight is 742 g/mol. The van der Waals surface area contributed by atoms with E-state index >= 15 is 0 Å². The highest BCUT2D eigenvalue weighted by Crippen LogP contribution is 2.57. The summed E-state index contributed by atoms with van der Waals surface area (Å²) in [6.07, 6.45) is 10.8. The van der Waals surface area contributed by atoms with Crippen LogP contribution in [0.4, 0.5) is 0 Å². The van der Waals surface area contributed by atoms with Gasteiger partial charge >= 0.3 is 0 Å². The van der Waals surface area contributed by atoms with E-state index in [0.29, 0.717) is 0 Å². The molecule has 8 aromatic rings. The minimum absolute atomic E-state index is 0.517. The van der Waals surface area contributed by atoms with Crippen LogP contribution in [0.5, 0.6) is 0 Å². The molecule has 0 atom stereocenters. The van der Waals surface area contributed by atoms with Crippen LogP contribution in [-0.2, 0) is 5.41 Å². The van der Waals surface area contributed by atoms with E-state index in [2.05, 4.69) is 214 Å². The van der Waals surface area contributed by atoms with Gasteiger partial charge in [-0.1, -0.05) is 183 Å². The molecule has 1 aromatic heterocycles. The van der Waals surface area contributed by atoms with Gasteiger partial charge in [-0.05, 0) is 128 Å². The normalized spacial score (nSPS) is 13.7. The first-order chi connectivity index (χ1) is 28.6. The van der Waals surface area contributed by atoms with E-state index in [1.54, 1.807) is 0 Å². The Hall–Kier alpha value is -7.09. The van der Waals surface area contributed by atoms with Crippen molar-refractivity contribution in [2.24, 2.45) is 0 Å². The molecule has 2 aliphatic carbocycles. The first kappa shape index (κ1) is 35.3. The van der Waals surface area contributed by atoms with Crippen LogP contribution in [0, 0.1) is 6.92 Å². The van der Waals surface area contributed by atoms with Crippen LogP contribution in [0.15, 0.2) is 207 Å². The van der Waals surface area contributed by atoms with Crippen molar-refractivity contribution >= 4 is 11.6 Å². The smallest absolute Gasteiger partial charge is 0.0721 e. The number of aromatic nitrogens is 1. The Balaban J connectivity index is 1.18. The minimum Gasteiger partial charge on any atom is -0.248 e. The van der Waals surface area contributed by atoms with E-state index in [4.69, 9.17) is 4.98 Å². The number of hydrogen-bond donors (Lipinski definition) is 0. The zero-order valence-electron chi connectivity index (χ0n) is 32.7. The third-order valence-corrected chi connectivity index (χ3v) is 12.1. The molecular weight excluding hydrogens is 699 g/mol. The fourth-order valence-electron chi connectivity index (χ4n) is 9.41. The van der Waals surface area contributed by atoms with Gasteiger partial charge in [0.05, 0.1) is 16.8 Å². The van der Waals surface area contributed by atoms with Gasteiger partial charge in [-0.2, -0.15) is 0 Å². The van der Waals surface area contributed by atoms with Crippen LogP contribution >= 0.6 is 0 Å². The van der Waals surface area contributed by atoms with Crippen molar-refractivity contribution in [2.45, 2.75) is 25.2 Å². The second-order valence-corrected chi connectivity index (χ2v) is 15.5. The van der Waals surface area contributed by atoms with Gasteiger partial charge < -0.3 is 0 Å². The second kappa shape index (κ2) is 14.8. The Kier molecular flexibility index (Phi) is 9.00. The standard InChI is InChI=1S/C57H43N/c1-3-40-34-45(32-33-52(40)57(51-29-13-10-18-39(51)2)53-30-14-11-27-49(53)50-28-12-15-31-54(50)57)48-37-55(46-25-16-23-43(35-46)41-19-6-4-7-20-41)58-56(38-48)47-26-17-24-44(36-47)42-21-8-5-9-22-42/h3-8,10-21,23-38H,1,9,22H2,2H3. The Morgan fingerprint density at radius 1 is 0.483 bits per heavy atom. The highest BCUT2D eigenvalue weighted by atomic mass is 14.7. The molecule has 1 nitrogen and oxygen atoms in total. The summed E-state index contributed by atoms with van der Waals surface area (Å²) >= 11 is 0. The van der Waals surface area contributed by atoms with Crippen molar-refractivity contribution in [3.05, 3.63) is 246 Å². The summed E-state index contributed by atoms with van der Waals surface area (Å²) in [5.74, 6) is 0. The zero-order chi connectivity index (χ0) is 39.1. The number of allylic oxidation sites excluding steroid dienone is 4. The molecule has 0 fully saturated rings. The van der Waals surface area contributed by atoms with Gasteiger partial charge in [-0.15, -0.1) is 0 Å². The van der Waals surface area contributed by atoms with Crippen molar-refractivity contribution in [3.8, 4) is 55.9 Å². The van der Waals surface area contributed by atoms with Gasteiger partial charge in [0.1, 0.15) is 0 Å². The molecule has 0 radical (unpaired) electrons. The van der Waals surface area contributed by atoms with Crippen LogP contribution in [0.3, 0.4) is 0 Å². The number of nitrogens with zero attached hydrogens (tertiary/aromatic N) is 1. The van der Waals surface area contributed by atoms with Gasteiger partial charge in [0, 0.05) is 11.1 Å². The average Bonchev–Trinajstić information content (AvgIpc) is 3.60. The van der Waals surface area contributed by atoms with E-state index in [1.165, 1.54) is 61.2 Å². The molecule has 58 heavy (non-hydrogen) atoms. The molecule has 2 aliphatic rings. The van der Waals surface area contributed by atoms with E-state index in [1.807, 2.05) is 6.08 Å². The Morgan fingerprint density at radius 2 is 1.05 bits per heavy atom. The lowest BCUT2D eigenvalue weighted by Crippen LogP contribution is -2.30. The highest BCUT2D eigenvalue weighted by molar-refractivity contribution is 5.89. The van der Waals surface area contributed by atoms with Crippen LogP contribution in [0.2, 0.25) is 0 Å². The van der Waals surface area contributed by atoms with Gasteiger partial charge in [0.2, 0.25) is 0 Å². The number of fused-ring (bicyclic) bond motifs is 3. The van der Waals surface area contributed by atoms with Crippen molar-refractivity contribution in [3.63, 3.8) is 0 Å². The van der Waals surface area contributed by atoms with Gasteiger partial charge in [-0.3, -0.25) is 0 Å². The van der Waals surface area contributed by atoms with Crippen molar-refractivity contribution in [1.29, 1.82) is 0 Å². The quantitative estimate of drug-likeness (QED) is 0.151. The van der Waals surface area contributed by atoms with Crippen molar-refractivity contribution in [1.82, 2.24) is 4.98 Å². The van der Waals surface area contributed by atoms with Crippen LogP contribution in [0.1, 0.15) is 51.8 Å². The summed E-state index contributed by atoms with van der Waals surface area (Å²) in [6.45, 7) is 6.70. The fraction of sp³-hybridized carbons (Fsp3) is 0.0702. The van der Waals surface area contributed by atoms with E-state index < -0.39 is 5.41 Å². The van der Waals surface area contributed by atoms with Gasteiger partial charge in [0.15, 0.2) is 0 Å². The molecule has 0 amide bonds. The summed E-state index contributed by atoms with van der Waals surface area (Å²) in [5, 5.41) is 0. The van der Waals surface area contributed by atoms with Gasteiger partial charge in [-0.25, -0.2) is 4.98 Å². The van der Waals surface area contributed by atoms with Crippen LogP contribution in [0.25, 0.3) is 67.5 Å². The predicted octanol–water partition coefficient (Wildman–Crippen LogP) is 14.8. The van der Waals surface area contributed by atoms with Crippen molar-refractivity contribution < 1.29 is 0 Å². The Labute approximate surface area is 342 Å². The largest absolute Gasteiger partial charge is 0.248 e. The molecule has 0 saturated carbocycles. The third-order valence-electron chi connectivity index (χ3n) is 12.1. The maximum atomic E-state index is 5.40. The first-order valence-corrected chi connectivity index (χ1v) is 20.3. The number of pyridine rings is 1. The lowest BCUT2D eigenvalue weighted by Gasteiger charge is -2.36. The number of aryl methyl sites for hydroxylation is 1. The maximum absolute atomic E-state index is 5.40. The van der Waals surface area contributed by atoms with Crippen molar-refractivity contribution in [2.75, 3.05) is 0 Å². The molecule has 7 aromatic carbocycles. The van der Waals surface area contributed by atoms with E-state index in [9.17, 15) is 0 Å². The summed E-state index contributed by atoms with van der Waals surface area (Å²) in [5.41, 5.74) is 20.8. The molecule has 0 saturated heterocycles. The Morgan fingerprint density at radius 3 is 1.71 bits per heavy atom. The van der Waals surface area contributed by atoms with E-state index in [-0.39, 0.29) is 0 Å². The molecule has 10 rings (SSSR count). The SMILES string of the molecule is C=Cc1cc(-c2cc(-c3cccc(C4=CC=CCC4)c3)nc(-c3cccc(-c4ccccc4)c3)c2)ccc1C1(c2ccccc2C)c2ccccc2-c2ccccc21. The third kappa shape index (κ3) is 5.99. The summed E-state index contributed by atoms with van der Waals surface area (Å²) in [6, 6.07) is 66.5. The van der Waals surface area contributed by atoms with E-state index in [0.717, 1.165) is 52.0 Å². The molecule has 1 heterocycles. The summed E-state index contributed by atoms with van der Waals surface area (Å²) in [4.78, 5) is 5.40. The molecule has 276 valence electrons. The number of benzene rings is 7. The summed E-state index contributed by atoms with van der Waals surface area (Å²) in [7, 11) is 0. The first-order valence-electron chi connectivity index (χ1n) is 20.3. The molecule has 0 N–H and O–H groups in total.